The summed E-state index contributed by atoms with van der Waals surface area (Å²) in [6.45, 7) is 6.98. The molecular formula is C17H26N2. The minimum absolute atomic E-state index is 0.658. The molecule has 1 aromatic carbocycles. The quantitative estimate of drug-likeness (QED) is 0.896. The van der Waals surface area contributed by atoms with Crippen molar-refractivity contribution in [2.45, 2.75) is 38.6 Å². The molecule has 1 saturated heterocycles. The summed E-state index contributed by atoms with van der Waals surface area (Å²) >= 11 is 0. The van der Waals surface area contributed by atoms with Crippen LogP contribution in [0.25, 0.3) is 0 Å². The van der Waals surface area contributed by atoms with Crippen molar-refractivity contribution in [1.29, 1.82) is 0 Å². The lowest BCUT2D eigenvalue weighted by molar-refractivity contribution is 0.125. The highest BCUT2D eigenvalue weighted by atomic mass is 15.2. The van der Waals surface area contributed by atoms with Crippen LogP contribution in [0, 0.1) is 12.8 Å². The summed E-state index contributed by atoms with van der Waals surface area (Å²) in [7, 11) is 0. The first-order valence-electron chi connectivity index (χ1n) is 7.86. The zero-order chi connectivity index (χ0) is 13.1. The fourth-order valence-electron chi connectivity index (χ4n) is 3.90. The molecule has 19 heavy (non-hydrogen) atoms. The van der Waals surface area contributed by atoms with Crippen LogP contribution in [0.3, 0.4) is 0 Å². The third-order valence-corrected chi connectivity index (χ3v) is 4.90. The zero-order valence-corrected chi connectivity index (χ0v) is 12.1. The van der Waals surface area contributed by atoms with Crippen LogP contribution in [-0.4, -0.2) is 31.1 Å². The number of nitrogens with zero attached hydrogens (tertiary/aromatic N) is 1. The second-order valence-electron chi connectivity index (χ2n) is 6.13. The largest absolute Gasteiger partial charge is 0.314 e. The van der Waals surface area contributed by atoms with Crippen molar-refractivity contribution in [2.24, 2.45) is 5.92 Å². The zero-order valence-electron chi connectivity index (χ0n) is 12.1. The second kappa shape index (κ2) is 6.06. The van der Waals surface area contributed by atoms with E-state index in [0.717, 1.165) is 19.0 Å². The van der Waals surface area contributed by atoms with Gasteiger partial charge in [-0.1, -0.05) is 37.1 Å². The van der Waals surface area contributed by atoms with Gasteiger partial charge in [0.1, 0.15) is 0 Å². The van der Waals surface area contributed by atoms with E-state index in [-0.39, 0.29) is 0 Å². The van der Waals surface area contributed by atoms with Crippen molar-refractivity contribution in [3.05, 3.63) is 35.4 Å². The summed E-state index contributed by atoms with van der Waals surface area (Å²) in [6.07, 6.45) is 5.70. The standard InChI is InChI=1S/C17H26N2/c1-14-6-2-5-9-16(14)17(15-7-3-4-8-15)19-12-10-18-11-13-19/h2,5-6,9,15,17-18H,3-4,7-8,10-13H2,1H3/t17-/m0/s1. The Kier molecular flexibility index (Phi) is 4.19. The first kappa shape index (κ1) is 13.1. The van der Waals surface area contributed by atoms with Crippen molar-refractivity contribution in [2.75, 3.05) is 26.2 Å². The van der Waals surface area contributed by atoms with Crippen molar-refractivity contribution < 1.29 is 0 Å². The molecule has 1 heterocycles. The summed E-state index contributed by atoms with van der Waals surface area (Å²) in [4.78, 5) is 2.73. The maximum Gasteiger partial charge on any atom is 0.0379 e. The van der Waals surface area contributed by atoms with Gasteiger partial charge in [-0.15, -0.1) is 0 Å². The predicted octanol–water partition coefficient (Wildman–Crippen LogP) is 3.13. The number of aryl methyl sites for hydroxylation is 1. The number of nitrogens with one attached hydrogen (secondary N) is 1. The topological polar surface area (TPSA) is 15.3 Å². The van der Waals surface area contributed by atoms with Gasteiger partial charge >= 0.3 is 0 Å². The van der Waals surface area contributed by atoms with Crippen LogP contribution in [0.1, 0.15) is 42.9 Å². The summed E-state index contributed by atoms with van der Waals surface area (Å²) in [5, 5.41) is 3.48. The molecule has 2 nitrogen and oxygen atoms in total. The van der Waals surface area contributed by atoms with Crippen molar-refractivity contribution in [3.63, 3.8) is 0 Å². The van der Waals surface area contributed by atoms with E-state index in [1.54, 1.807) is 5.56 Å². The van der Waals surface area contributed by atoms with Gasteiger partial charge in [-0.05, 0) is 36.8 Å². The lowest BCUT2D eigenvalue weighted by Gasteiger charge is -2.39. The molecular weight excluding hydrogens is 232 g/mol. The highest BCUT2D eigenvalue weighted by Crippen LogP contribution is 2.40. The van der Waals surface area contributed by atoms with Crippen molar-refractivity contribution in [1.82, 2.24) is 10.2 Å². The third-order valence-electron chi connectivity index (χ3n) is 4.90. The van der Waals surface area contributed by atoms with Crippen molar-refractivity contribution in [3.8, 4) is 0 Å². The summed E-state index contributed by atoms with van der Waals surface area (Å²) < 4.78 is 0. The summed E-state index contributed by atoms with van der Waals surface area (Å²) in [5.74, 6) is 0.874. The Balaban J connectivity index is 1.88. The molecule has 2 fully saturated rings. The van der Waals surface area contributed by atoms with Crippen molar-refractivity contribution >= 4 is 0 Å². The molecule has 1 aromatic rings. The minimum atomic E-state index is 0.658. The second-order valence-corrected chi connectivity index (χ2v) is 6.13. The van der Waals surface area contributed by atoms with Gasteiger partial charge in [0.05, 0.1) is 0 Å². The molecule has 0 radical (unpaired) electrons. The average Bonchev–Trinajstić information content (AvgIpc) is 2.96. The van der Waals surface area contributed by atoms with E-state index < -0.39 is 0 Å². The fourth-order valence-corrected chi connectivity index (χ4v) is 3.90. The van der Waals surface area contributed by atoms with Gasteiger partial charge in [0.2, 0.25) is 0 Å². The summed E-state index contributed by atoms with van der Waals surface area (Å²) in [6, 6.07) is 9.68. The van der Waals surface area contributed by atoms with Gasteiger partial charge in [-0.25, -0.2) is 0 Å². The van der Waals surface area contributed by atoms with E-state index >= 15 is 0 Å². The smallest absolute Gasteiger partial charge is 0.0379 e. The SMILES string of the molecule is Cc1ccccc1[C@H](C1CCCC1)N1CCNCC1. The molecule has 1 aliphatic heterocycles. The molecule has 1 saturated carbocycles. The lowest BCUT2D eigenvalue weighted by Crippen LogP contribution is -2.46. The van der Waals surface area contributed by atoms with E-state index in [2.05, 4.69) is 41.4 Å². The molecule has 1 atom stereocenters. The molecule has 104 valence electrons. The molecule has 0 amide bonds. The van der Waals surface area contributed by atoms with E-state index in [4.69, 9.17) is 0 Å². The highest BCUT2D eigenvalue weighted by Gasteiger charge is 2.32. The highest BCUT2D eigenvalue weighted by molar-refractivity contribution is 5.29. The van der Waals surface area contributed by atoms with Gasteiger partial charge in [0, 0.05) is 32.2 Å². The Morgan fingerprint density at radius 1 is 1.11 bits per heavy atom. The van der Waals surface area contributed by atoms with E-state index in [1.165, 1.54) is 44.3 Å². The molecule has 0 bridgehead atoms. The molecule has 2 aliphatic rings. The van der Waals surface area contributed by atoms with Crippen LogP contribution >= 0.6 is 0 Å². The first-order chi connectivity index (χ1) is 9.36. The first-order valence-corrected chi connectivity index (χ1v) is 7.86. The molecule has 1 N–H and O–H groups in total. The normalized spacial score (nSPS) is 23.6. The molecule has 3 rings (SSSR count). The van der Waals surface area contributed by atoms with Crippen LogP contribution in [0.5, 0.6) is 0 Å². The number of rotatable bonds is 3. The minimum Gasteiger partial charge on any atom is -0.314 e. The van der Waals surface area contributed by atoms with Gasteiger partial charge in [-0.2, -0.15) is 0 Å². The van der Waals surface area contributed by atoms with E-state index in [0.29, 0.717) is 6.04 Å². The van der Waals surface area contributed by atoms with Crippen LogP contribution < -0.4 is 5.32 Å². The Morgan fingerprint density at radius 3 is 2.47 bits per heavy atom. The number of hydrogen-bond donors (Lipinski definition) is 1. The Hall–Kier alpha value is -0.860. The maximum atomic E-state index is 3.48. The summed E-state index contributed by atoms with van der Waals surface area (Å²) in [5.41, 5.74) is 3.05. The Labute approximate surface area is 117 Å². The molecule has 0 spiro atoms. The van der Waals surface area contributed by atoms with E-state index in [9.17, 15) is 0 Å². The average molecular weight is 258 g/mol. The maximum absolute atomic E-state index is 3.48. The predicted molar refractivity (Wildman–Crippen MR) is 80.3 cm³/mol. The number of hydrogen-bond acceptors (Lipinski definition) is 2. The third kappa shape index (κ3) is 2.85. The number of piperazine rings is 1. The van der Waals surface area contributed by atoms with Crippen LogP contribution in [0.2, 0.25) is 0 Å². The Bertz CT molecular complexity index is 403. The molecule has 2 heteroatoms. The van der Waals surface area contributed by atoms with Gasteiger partial charge in [-0.3, -0.25) is 4.90 Å². The van der Waals surface area contributed by atoms with Crippen LogP contribution in [-0.2, 0) is 0 Å². The monoisotopic (exact) mass is 258 g/mol. The van der Waals surface area contributed by atoms with Crippen LogP contribution in [0.15, 0.2) is 24.3 Å². The number of benzene rings is 1. The molecule has 1 aliphatic carbocycles. The van der Waals surface area contributed by atoms with Crippen LogP contribution in [0.4, 0.5) is 0 Å². The fraction of sp³-hybridized carbons (Fsp3) is 0.647. The molecule has 0 unspecified atom stereocenters. The van der Waals surface area contributed by atoms with Gasteiger partial charge < -0.3 is 5.32 Å². The van der Waals surface area contributed by atoms with Gasteiger partial charge in [0.15, 0.2) is 0 Å². The molecule has 0 aromatic heterocycles. The van der Waals surface area contributed by atoms with E-state index in [1.807, 2.05) is 0 Å². The Morgan fingerprint density at radius 2 is 1.79 bits per heavy atom. The van der Waals surface area contributed by atoms with Gasteiger partial charge in [0.25, 0.3) is 0 Å². The lowest BCUT2D eigenvalue weighted by atomic mass is 9.87.